The number of hydrogen-bond acceptors (Lipinski definition) is 7. The number of ether oxygens (including phenoxy) is 4. The van der Waals surface area contributed by atoms with Gasteiger partial charge in [0.25, 0.3) is 0 Å². The lowest BCUT2D eigenvalue weighted by molar-refractivity contribution is -0.129. The van der Waals surface area contributed by atoms with E-state index in [1.807, 2.05) is 0 Å². The largest absolute Gasteiger partial charge is 0.459 e. The van der Waals surface area contributed by atoms with Gasteiger partial charge >= 0.3 is 17.9 Å². The molecule has 1 aliphatic heterocycles. The van der Waals surface area contributed by atoms with E-state index in [-0.39, 0.29) is 11.1 Å². The van der Waals surface area contributed by atoms with Crippen LogP contribution in [0.3, 0.4) is 0 Å². The van der Waals surface area contributed by atoms with Gasteiger partial charge in [0.1, 0.15) is 12.7 Å². The van der Waals surface area contributed by atoms with Gasteiger partial charge in [-0.25, -0.2) is 18.8 Å². The fourth-order valence-electron chi connectivity index (χ4n) is 3.38. The molecule has 7 nitrogen and oxygen atoms in total. The van der Waals surface area contributed by atoms with Gasteiger partial charge in [0.05, 0.1) is 16.7 Å². The van der Waals surface area contributed by atoms with E-state index in [0.29, 0.717) is 5.56 Å². The Labute approximate surface area is 195 Å². The third-order valence-corrected chi connectivity index (χ3v) is 5.12. The summed E-state index contributed by atoms with van der Waals surface area (Å²) in [6.45, 7) is -0.416. The molecule has 3 aromatic rings. The first-order valence-electron chi connectivity index (χ1n) is 10.6. The Morgan fingerprint density at radius 2 is 1.12 bits per heavy atom. The molecule has 4 rings (SSSR count). The van der Waals surface area contributed by atoms with Crippen molar-refractivity contribution in [3.8, 4) is 0 Å². The zero-order valence-electron chi connectivity index (χ0n) is 17.9. The molecule has 34 heavy (non-hydrogen) atoms. The Bertz CT molecular complexity index is 1120. The molecule has 3 aromatic carbocycles. The summed E-state index contributed by atoms with van der Waals surface area (Å²) in [5.41, 5.74) is 0.705. The lowest BCUT2D eigenvalue weighted by atomic mass is 10.1. The van der Waals surface area contributed by atoms with Crippen molar-refractivity contribution in [2.75, 3.05) is 6.61 Å². The lowest BCUT2D eigenvalue weighted by Gasteiger charge is -2.19. The third kappa shape index (κ3) is 5.47. The van der Waals surface area contributed by atoms with E-state index < -0.39 is 49.2 Å². The van der Waals surface area contributed by atoms with Crippen LogP contribution in [0.15, 0.2) is 91.0 Å². The number of hydrogen-bond donors (Lipinski definition) is 0. The van der Waals surface area contributed by atoms with Crippen molar-refractivity contribution < 1.29 is 37.7 Å². The first kappa shape index (κ1) is 23.1. The summed E-state index contributed by atoms with van der Waals surface area (Å²) in [6.07, 6.45) is -6.31. The van der Waals surface area contributed by atoms with Crippen molar-refractivity contribution in [1.29, 1.82) is 0 Å². The van der Waals surface area contributed by atoms with Crippen molar-refractivity contribution in [3.63, 3.8) is 0 Å². The lowest BCUT2D eigenvalue weighted by Crippen LogP contribution is -2.37. The minimum absolute atomic E-state index is 0.204. The van der Waals surface area contributed by atoms with Crippen LogP contribution in [0.2, 0.25) is 0 Å². The highest BCUT2D eigenvalue weighted by molar-refractivity contribution is 5.90. The van der Waals surface area contributed by atoms with Gasteiger partial charge < -0.3 is 18.9 Å². The van der Waals surface area contributed by atoms with Crippen LogP contribution in [0.5, 0.6) is 0 Å². The van der Waals surface area contributed by atoms with E-state index in [1.165, 1.54) is 24.3 Å². The fraction of sp³-hybridized carbons (Fsp3) is 0.192. The predicted octanol–water partition coefficient (Wildman–Crippen LogP) is 3.99. The monoisotopic (exact) mass is 464 g/mol. The first-order chi connectivity index (χ1) is 16.5. The zero-order valence-corrected chi connectivity index (χ0v) is 17.9. The summed E-state index contributed by atoms with van der Waals surface area (Å²) in [5.74, 6) is -2.24. The number of rotatable bonds is 7. The van der Waals surface area contributed by atoms with Gasteiger partial charge in [-0.05, 0) is 36.4 Å². The van der Waals surface area contributed by atoms with Crippen LogP contribution in [0.1, 0.15) is 31.1 Å². The van der Waals surface area contributed by atoms with Crippen LogP contribution < -0.4 is 0 Å². The molecule has 1 aliphatic rings. The average molecular weight is 464 g/mol. The quantitative estimate of drug-likeness (QED) is 0.386. The Hall–Kier alpha value is -4.04. The van der Waals surface area contributed by atoms with Gasteiger partial charge in [-0.2, -0.15) is 0 Å². The molecule has 0 amide bonds. The predicted molar refractivity (Wildman–Crippen MR) is 118 cm³/mol. The molecule has 0 aliphatic carbocycles. The Morgan fingerprint density at radius 1 is 0.676 bits per heavy atom. The maximum Gasteiger partial charge on any atom is 0.340 e. The van der Waals surface area contributed by atoms with E-state index in [4.69, 9.17) is 18.9 Å². The summed E-state index contributed by atoms with van der Waals surface area (Å²) < 4.78 is 36.6. The normalized spacial score (nSPS) is 21.4. The van der Waals surface area contributed by atoms with Gasteiger partial charge in [0.2, 0.25) is 12.5 Å². The molecule has 174 valence electrons. The van der Waals surface area contributed by atoms with Crippen LogP contribution >= 0.6 is 0 Å². The highest BCUT2D eigenvalue weighted by Crippen LogP contribution is 2.29. The number of halogens is 1. The molecule has 1 heterocycles. The summed E-state index contributed by atoms with van der Waals surface area (Å²) in [5, 5.41) is 0. The second-order valence-electron chi connectivity index (χ2n) is 7.46. The highest BCUT2D eigenvalue weighted by Gasteiger charge is 2.50. The van der Waals surface area contributed by atoms with E-state index in [9.17, 15) is 14.4 Å². The Kier molecular flexibility index (Phi) is 7.29. The molecule has 0 saturated carbocycles. The van der Waals surface area contributed by atoms with E-state index in [1.54, 1.807) is 66.7 Å². The fourth-order valence-corrected chi connectivity index (χ4v) is 3.38. The summed E-state index contributed by atoms with van der Waals surface area (Å²) in [7, 11) is 0. The number of carbonyl (C=O) groups is 3. The van der Waals surface area contributed by atoms with Gasteiger partial charge in [-0.3, -0.25) is 0 Å². The molecule has 8 heteroatoms. The SMILES string of the molecule is O=C(OC[C@H]1O[C@@H](OC(=O)c2ccccc2)[C@H](F)[C@@H]1OC(=O)c1ccccc1)c1ccccc1. The van der Waals surface area contributed by atoms with Crippen molar-refractivity contribution in [2.24, 2.45) is 0 Å². The van der Waals surface area contributed by atoms with Crippen molar-refractivity contribution >= 4 is 17.9 Å². The number of alkyl halides is 1. The third-order valence-electron chi connectivity index (χ3n) is 5.12. The maximum absolute atomic E-state index is 15.3. The van der Waals surface area contributed by atoms with Crippen LogP contribution in [0.4, 0.5) is 4.39 Å². The van der Waals surface area contributed by atoms with Gasteiger partial charge in [0, 0.05) is 0 Å². The van der Waals surface area contributed by atoms with Crippen LogP contribution in [0.25, 0.3) is 0 Å². The van der Waals surface area contributed by atoms with Crippen LogP contribution in [-0.4, -0.2) is 49.2 Å². The minimum atomic E-state index is -2.00. The van der Waals surface area contributed by atoms with E-state index >= 15 is 4.39 Å². The Balaban J connectivity index is 1.47. The van der Waals surface area contributed by atoms with Crippen molar-refractivity contribution in [1.82, 2.24) is 0 Å². The van der Waals surface area contributed by atoms with E-state index in [2.05, 4.69) is 0 Å². The molecule has 0 radical (unpaired) electrons. The molecule has 1 fully saturated rings. The number of benzene rings is 3. The van der Waals surface area contributed by atoms with Gasteiger partial charge in [-0.15, -0.1) is 0 Å². The highest BCUT2D eigenvalue weighted by atomic mass is 19.1. The van der Waals surface area contributed by atoms with Gasteiger partial charge in [-0.1, -0.05) is 54.6 Å². The standard InChI is InChI=1S/C26H21FO7/c27-21-22(33-24(29)18-12-6-2-7-13-18)20(16-31-23(28)17-10-4-1-5-11-17)32-26(21)34-25(30)19-14-8-3-9-15-19/h1-15,20-22,26H,16H2/t20-,21-,22-,26+/m1/s1. The summed E-state index contributed by atoms with van der Waals surface area (Å²) in [6, 6.07) is 24.2. The van der Waals surface area contributed by atoms with Crippen molar-refractivity contribution in [2.45, 2.75) is 24.7 Å². The minimum Gasteiger partial charge on any atom is -0.459 e. The van der Waals surface area contributed by atoms with Gasteiger partial charge in [0.15, 0.2) is 6.10 Å². The average Bonchev–Trinajstić information content (AvgIpc) is 3.17. The number of carbonyl (C=O) groups excluding carboxylic acids is 3. The summed E-state index contributed by atoms with van der Waals surface area (Å²) >= 11 is 0. The summed E-state index contributed by atoms with van der Waals surface area (Å²) in [4.78, 5) is 37.2. The second kappa shape index (κ2) is 10.7. The topological polar surface area (TPSA) is 88.1 Å². The molecular weight excluding hydrogens is 443 g/mol. The van der Waals surface area contributed by atoms with Crippen molar-refractivity contribution in [3.05, 3.63) is 108 Å². The first-order valence-corrected chi connectivity index (χ1v) is 10.6. The zero-order chi connectivity index (χ0) is 23.9. The number of esters is 3. The smallest absolute Gasteiger partial charge is 0.340 e. The molecular formula is C26H21FO7. The van der Waals surface area contributed by atoms with Crippen LogP contribution in [0, 0.1) is 0 Å². The Morgan fingerprint density at radius 3 is 1.62 bits per heavy atom. The molecule has 0 spiro atoms. The second-order valence-corrected chi connectivity index (χ2v) is 7.46. The molecule has 1 saturated heterocycles. The molecule has 4 atom stereocenters. The molecule has 0 unspecified atom stereocenters. The van der Waals surface area contributed by atoms with E-state index in [0.717, 1.165) is 0 Å². The maximum atomic E-state index is 15.3. The molecule has 0 aromatic heterocycles. The van der Waals surface area contributed by atoms with Crippen LogP contribution in [-0.2, 0) is 18.9 Å². The molecule has 0 N–H and O–H groups in total. The molecule has 0 bridgehead atoms.